The first-order chi connectivity index (χ1) is 9.29. The average molecular weight is 340 g/mol. The summed E-state index contributed by atoms with van der Waals surface area (Å²) in [5.74, 6) is 2.06. The molecule has 0 saturated heterocycles. The van der Waals surface area contributed by atoms with Crippen molar-refractivity contribution in [2.75, 3.05) is 24.7 Å². The maximum Gasteiger partial charge on any atom is 0.232 e. The van der Waals surface area contributed by atoms with Crippen LogP contribution in [0.2, 0.25) is 0 Å². The van der Waals surface area contributed by atoms with Gasteiger partial charge in [-0.2, -0.15) is 4.98 Å². The third-order valence-corrected chi connectivity index (χ3v) is 3.86. The number of benzene rings is 1. The summed E-state index contributed by atoms with van der Waals surface area (Å²) >= 11 is 5.12. The zero-order valence-corrected chi connectivity index (χ0v) is 12.9. The van der Waals surface area contributed by atoms with E-state index in [4.69, 9.17) is 4.74 Å². The molecule has 0 atom stereocenters. The SMILES string of the molecule is COc1nc(NCCSc2ccccc2)ncc1Br. The predicted octanol–water partition coefficient (Wildman–Crippen LogP) is 3.45. The van der Waals surface area contributed by atoms with Crippen LogP contribution in [-0.4, -0.2) is 29.4 Å². The standard InChI is InChI=1S/C13H14BrN3OS/c1-18-12-11(14)9-16-13(17-12)15-7-8-19-10-5-3-2-4-6-10/h2-6,9H,7-8H2,1H3,(H,15,16,17). The zero-order chi connectivity index (χ0) is 13.5. The first-order valence-electron chi connectivity index (χ1n) is 5.78. The van der Waals surface area contributed by atoms with Gasteiger partial charge in [-0.3, -0.25) is 0 Å². The molecule has 0 aliphatic heterocycles. The summed E-state index contributed by atoms with van der Waals surface area (Å²) in [6.45, 7) is 0.796. The van der Waals surface area contributed by atoms with Crippen LogP contribution in [0, 0.1) is 0 Å². The summed E-state index contributed by atoms with van der Waals surface area (Å²) in [5.41, 5.74) is 0. The van der Waals surface area contributed by atoms with E-state index in [1.165, 1.54) is 4.90 Å². The Balaban J connectivity index is 1.80. The maximum absolute atomic E-state index is 5.12. The van der Waals surface area contributed by atoms with Crippen molar-refractivity contribution in [1.29, 1.82) is 0 Å². The average Bonchev–Trinajstić information content (AvgIpc) is 2.46. The van der Waals surface area contributed by atoms with Crippen molar-refractivity contribution >= 4 is 33.6 Å². The van der Waals surface area contributed by atoms with Crippen LogP contribution >= 0.6 is 27.7 Å². The quantitative estimate of drug-likeness (QED) is 0.645. The highest BCUT2D eigenvalue weighted by molar-refractivity contribution is 9.10. The number of methoxy groups -OCH3 is 1. The highest BCUT2D eigenvalue weighted by Crippen LogP contribution is 2.22. The Bertz CT molecular complexity index is 525. The summed E-state index contributed by atoms with van der Waals surface area (Å²) in [4.78, 5) is 9.67. The molecule has 0 unspecified atom stereocenters. The molecule has 6 heteroatoms. The molecule has 0 saturated carbocycles. The highest BCUT2D eigenvalue weighted by Gasteiger charge is 2.04. The van der Waals surface area contributed by atoms with Crippen LogP contribution in [0.1, 0.15) is 0 Å². The van der Waals surface area contributed by atoms with E-state index in [-0.39, 0.29) is 0 Å². The molecule has 0 radical (unpaired) electrons. The van der Waals surface area contributed by atoms with Crippen LogP contribution in [0.5, 0.6) is 5.88 Å². The van der Waals surface area contributed by atoms with E-state index in [0.29, 0.717) is 11.8 Å². The predicted molar refractivity (Wildman–Crippen MR) is 81.9 cm³/mol. The van der Waals surface area contributed by atoms with Crippen LogP contribution in [0.25, 0.3) is 0 Å². The highest BCUT2D eigenvalue weighted by atomic mass is 79.9. The van der Waals surface area contributed by atoms with Gasteiger partial charge in [0, 0.05) is 17.2 Å². The lowest BCUT2D eigenvalue weighted by molar-refractivity contribution is 0.394. The van der Waals surface area contributed by atoms with E-state index in [9.17, 15) is 0 Å². The van der Waals surface area contributed by atoms with Gasteiger partial charge in [-0.1, -0.05) is 18.2 Å². The molecular formula is C13H14BrN3OS. The normalized spacial score (nSPS) is 10.2. The second-order valence-electron chi connectivity index (χ2n) is 3.64. The molecule has 4 nitrogen and oxygen atoms in total. The number of hydrogen-bond donors (Lipinski definition) is 1. The smallest absolute Gasteiger partial charge is 0.232 e. The number of rotatable bonds is 6. The number of hydrogen-bond acceptors (Lipinski definition) is 5. The molecule has 1 N–H and O–H groups in total. The Labute approximate surface area is 125 Å². The number of halogens is 1. The summed E-state index contributed by atoms with van der Waals surface area (Å²) in [7, 11) is 1.59. The van der Waals surface area contributed by atoms with E-state index in [1.54, 1.807) is 25.1 Å². The topological polar surface area (TPSA) is 47.0 Å². The fourth-order valence-corrected chi connectivity index (χ4v) is 2.57. The van der Waals surface area contributed by atoms with Crippen LogP contribution < -0.4 is 10.1 Å². The first-order valence-corrected chi connectivity index (χ1v) is 7.55. The fraction of sp³-hybridized carbons (Fsp3) is 0.231. The molecule has 2 aromatic rings. The van der Waals surface area contributed by atoms with Crippen molar-refractivity contribution in [3.8, 4) is 5.88 Å². The molecule has 100 valence electrons. The molecule has 0 aliphatic carbocycles. The first kappa shape index (κ1) is 14.1. The van der Waals surface area contributed by atoms with Gasteiger partial charge < -0.3 is 10.1 Å². The monoisotopic (exact) mass is 339 g/mol. The van der Waals surface area contributed by atoms with Crippen molar-refractivity contribution in [2.45, 2.75) is 4.90 Å². The number of aromatic nitrogens is 2. The molecule has 0 aliphatic rings. The van der Waals surface area contributed by atoms with Gasteiger partial charge in [-0.15, -0.1) is 11.8 Å². The number of anilines is 1. The van der Waals surface area contributed by atoms with Crippen molar-refractivity contribution in [3.63, 3.8) is 0 Å². The summed E-state index contributed by atoms with van der Waals surface area (Å²) in [6, 6.07) is 10.3. The van der Waals surface area contributed by atoms with Gasteiger partial charge in [-0.25, -0.2) is 4.98 Å². The van der Waals surface area contributed by atoms with Gasteiger partial charge in [0.1, 0.15) is 0 Å². The molecule has 2 rings (SSSR count). The molecular weight excluding hydrogens is 326 g/mol. The molecule has 0 amide bonds. The van der Waals surface area contributed by atoms with Gasteiger partial charge in [0.05, 0.1) is 17.8 Å². The molecule has 1 heterocycles. The molecule has 0 spiro atoms. The Morgan fingerprint density at radius 3 is 2.84 bits per heavy atom. The van der Waals surface area contributed by atoms with Gasteiger partial charge in [0.15, 0.2) is 0 Å². The molecule has 0 fully saturated rings. The van der Waals surface area contributed by atoms with Crippen molar-refractivity contribution < 1.29 is 4.74 Å². The Kier molecular flexibility index (Phi) is 5.47. The van der Waals surface area contributed by atoms with E-state index in [2.05, 4.69) is 43.3 Å². The Hall–Kier alpha value is -1.27. The van der Waals surface area contributed by atoms with E-state index >= 15 is 0 Å². The summed E-state index contributed by atoms with van der Waals surface area (Å²) in [5, 5.41) is 3.17. The van der Waals surface area contributed by atoms with Crippen molar-refractivity contribution in [1.82, 2.24) is 9.97 Å². The van der Waals surface area contributed by atoms with Gasteiger partial charge >= 0.3 is 0 Å². The number of ether oxygens (including phenoxy) is 1. The van der Waals surface area contributed by atoms with Crippen LogP contribution in [0.4, 0.5) is 5.95 Å². The fourth-order valence-electron chi connectivity index (χ4n) is 1.43. The Morgan fingerprint density at radius 1 is 1.32 bits per heavy atom. The number of thioether (sulfide) groups is 1. The van der Waals surface area contributed by atoms with E-state index in [1.807, 2.05) is 18.2 Å². The third-order valence-electron chi connectivity index (χ3n) is 2.30. The summed E-state index contributed by atoms with van der Waals surface area (Å²) in [6.07, 6.45) is 1.68. The zero-order valence-electron chi connectivity index (χ0n) is 10.5. The van der Waals surface area contributed by atoms with Gasteiger partial charge in [0.25, 0.3) is 0 Å². The van der Waals surface area contributed by atoms with Gasteiger partial charge in [-0.05, 0) is 28.1 Å². The third kappa shape index (κ3) is 4.40. The molecule has 0 bridgehead atoms. The lowest BCUT2D eigenvalue weighted by atomic mass is 10.4. The van der Waals surface area contributed by atoms with Gasteiger partial charge in [0.2, 0.25) is 11.8 Å². The second-order valence-corrected chi connectivity index (χ2v) is 5.66. The number of nitrogens with zero attached hydrogens (tertiary/aromatic N) is 2. The number of nitrogens with one attached hydrogen (secondary N) is 1. The molecule has 1 aromatic heterocycles. The van der Waals surface area contributed by atoms with Crippen molar-refractivity contribution in [2.24, 2.45) is 0 Å². The van der Waals surface area contributed by atoms with Crippen LogP contribution in [-0.2, 0) is 0 Å². The lowest BCUT2D eigenvalue weighted by Gasteiger charge is -2.07. The Morgan fingerprint density at radius 2 is 2.11 bits per heavy atom. The lowest BCUT2D eigenvalue weighted by Crippen LogP contribution is -2.08. The second kappa shape index (κ2) is 7.35. The maximum atomic E-state index is 5.12. The summed E-state index contributed by atoms with van der Waals surface area (Å²) < 4.78 is 5.87. The minimum absolute atomic E-state index is 0.535. The van der Waals surface area contributed by atoms with E-state index < -0.39 is 0 Å². The minimum atomic E-state index is 0.535. The molecule has 1 aromatic carbocycles. The van der Waals surface area contributed by atoms with E-state index in [0.717, 1.165) is 16.8 Å². The van der Waals surface area contributed by atoms with Crippen LogP contribution in [0.15, 0.2) is 45.9 Å². The minimum Gasteiger partial charge on any atom is -0.480 e. The largest absolute Gasteiger partial charge is 0.480 e. The van der Waals surface area contributed by atoms with Crippen molar-refractivity contribution in [3.05, 3.63) is 41.0 Å². The molecule has 19 heavy (non-hydrogen) atoms. The van der Waals surface area contributed by atoms with Crippen LogP contribution in [0.3, 0.4) is 0 Å².